The molecule has 0 aliphatic carbocycles. The highest BCUT2D eigenvalue weighted by Gasteiger charge is 2.12. The van der Waals surface area contributed by atoms with Crippen LogP contribution in [0.25, 0.3) is 0 Å². The standard InChI is InChI=1S/C19H16ClFN4O/c1-11-9-12(2)17(15(20)10-11)25-19-22-8-7-16(24-19)18(26)23-14-5-3-13(21)4-6-14/h3-10H,1-2H3,(H,23,26)(H,22,24,25). The minimum absolute atomic E-state index is 0.174. The summed E-state index contributed by atoms with van der Waals surface area (Å²) in [6.45, 7) is 3.88. The van der Waals surface area contributed by atoms with Crippen molar-refractivity contribution in [2.75, 3.05) is 10.6 Å². The van der Waals surface area contributed by atoms with Crippen molar-refractivity contribution in [1.82, 2.24) is 9.97 Å². The monoisotopic (exact) mass is 370 g/mol. The van der Waals surface area contributed by atoms with Crippen LogP contribution in [0.1, 0.15) is 21.6 Å². The van der Waals surface area contributed by atoms with Crippen molar-refractivity contribution >= 4 is 34.8 Å². The lowest BCUT2D eigenvalue weighted by atomic mass is 10.1. The van der Waals surface area contributed by atoms with Gasteiger partial charge in [0.05, 0.1) is 10.7 Å². The molecule has 0 bridgehead atoms. The van der Waals surface area contributed by atoms with Crippen LogP contribution in [0.15, 0.2) is 48.7 Å². The lowest BCUT2D eigenvalue weighted by Crippen LogP contribution is -2.14. The molecule has 0 fully saturated rings. The van der Waals surface area contributed by atoms with Crippen molar-refractivity contribution in [2.24, 2.45) is 0 Å². The fourth-order valence-electron chi connectivity index (χ4n) is 2.46. The topological polar surface area (TPSA) is 66.9 Å². The minimum atomic E-state index is -0.422. The molecule has 0 spiro atoms. The number of halogens is 2. The van der Waals surface area contributed by atoms with Gasteiger partial charge in [-0.05, 0) is 61.4 Å². The zero-order valence-corrected chi connectivity index (χ0v) is 14.9. The van der Waals surface area contributed by atoms with E-state index in [1.54, 1.807) is 0 Å². The molecule has 3 rings (SSSR count). The van der Waals surface area contributed by atoms with E-state index >= 15 is 0 Å². The Morgan fingerprint density at radius 3 is 2.54 bits per heavy atom. The lowest BCUT2D eigenvalue weighted by molar-refractivity contribution is 0.102. The van der Waals surface area contributed by atoms with Crippen molar-refractivity contribution in [1.29, 1.82) is 0 Å². The average molecular weight is 371 g/mol. The van der Waals surface area contributed by atoms with Crippen LogP contribution in [-0.4, -0.2) is 15.9 Å². The molecular weight excluding hydrogens is 355 g/mol. The summed E-state index contributed by atoms with van der Waals surface area (Å²) in [6, 6.07) is 10.8. The second-order valence-corrected chi connectivity index (χ2v) is 6.20. The van der Waals surface area contributed by atoms with Crippen LogP contribution in [0.2, 0.25) is 5.02 Å². The van der Waals surface area contributed by atoms with Crippen LogP contribution >= 0.6 is 11.6 Å². The molecule has 5 nitrogen and oxygen atoms in total. The van der Waals surface area contributed by atoms with E-state index in [9.17, 15) is 9.18 Å². The first-order chi connectivity index (χ1) is 12.4. The Balaban J connectivity index is 1.80. The van der Waals surface area contributed by atoms with Crippen molar-refractivity contribution in [2.45, 2.75) is 13.8 Å². The van der Waals surface area contributed by atoms with Crippen LogP contribution in [0, 0.1) is 19.7 Å². The number of hydrogen-bond donors (Lipinski definition) is 2. The van der Waals surface area contributed by atoms with E-state index in [1.165, 1.54) is 36.5 Å². The molecule has 0 aliphatic rings. The van der Waals surface area contributed by atoms with Crippen LogP contribution < -0.4 is 10.6 Å². The molecule has 0 aliphatic heterocycles. The largest absolute Gasteiger partial charge is 0.323 e. The van der Waals surface area contributed by atoms with Crippen LogP contribution in [0.5, 0.6) is 0 Å². The number of benzene rings is 2. The third-order valence-corrected chi connectivity index (χ3v) is 3.96. The third-order valence-electron chi connectivity index (χ3n) is 3.66. The summed E-state index contributed by atoms with van der Waals surface area (Å²) < 4.78 is 12.9. The summed E-state index contributed by atoms with van der Waals surface area (Å²) >= 11 is 6.28. The Hall–Kier alpha value is -2.99. The second kappa shape index (κ2) is 7.49. The zero-order valence-electron chi connectivity index (χ0n) is 14.2. The van der Waals surface area contributed by atoms with Gasteiger partial charge in [0.15, 0.2) is 0 Å². The van der Waals surface area contributed by atoms with Crippen LogP contribution in [-0.2, 0) is 0 Å². The molecule has 0 radical (unpaired) electrons. The molecule has 0 atom stereocenters. The Morgan fingerprint density at radius 1 is 1.12 bits per heavy atom. The van der Waals surface area contributed by atoms with Crippen molar-refractivity contribution in [3.8, 4) is 0 Å². The molecule has 1 amide bonds. The number of amides is 1. The Kier molecular flexibility index (Phi) is 5.14. The van der Waals surface area contributed by atoms with Gasteiger partial charge in [-0.2, -0.15) is 0 Å². The number of aromatic nitrogens is 2. The maximum atomic E-state index is 12.9. The number of aryl methyl sites for hydroxylation is 2. The van der Waals surface area contributed by atoms with Gasteiger partial charge in [-0.1, -0.05) is 17.7 Å². The zero-order chi connectivity index (χ0) is 18.7. The minimum Gasteiger partial charge on any atom is -0.323 e. The number of carbonyl (C=O) groups excluding carboxylic acids is 1. The van der Waals surface area contributed by atoms with Crippen LogP contribution in [0.4, 0.5) is 21.7 Å². The first-order valence-corrected chi connectivity index (χ1v) is 8.24. The van der Waals surface area contributed by atoms with E-state index in [0.717, 1.165) is 11.1 Å². The van der Waals surface area contributed by atoms with Crippen molar-refractivity contribution in [3.63, 3.8) is 0 Å². The van der Waals surface area contributed by atoms with Gasteiger partial charge < -0.3 is 10.6 Å². The molecule has 0 saturated heterocycles. The van der Waals surface area contributed by atoms with Crippen LogP contribution in [0.3, 0.4) is 0 Å². The van der Waals surface area contributed by atoms with Crippen molar-refractivity contribution < 1.29 is 9.18 Å². The van der Waals surface area contributed by atoms with Gasteiger partial charge in [0.2, 0.25) is 5.95 Å². The highest BCUT2D eigenvalue weighted by atomic mass is 35.5. The highest BCUT2D eigenvalue weighted by Crippen LogP contribution is 2.29. The van der Waals surface area contributed by atoms with Gasteiger partial charge >= 0.3 is 0 Å². The van der Waals surface area contributed by atoms with Gasteiger partial charge in [0.1, 0.15) is 11.5 Å². The molecule has 7 heteroatoms. The lowest BCUT2D eigenvalue weighted by Gasteiger charge is -2.12. The van der Waals surface area contributed by atoms with Gasteiger partial charge in [-0.25, -0.2) is 14.4 Å². The van der Waals surface area contributed by atoms with E-state index in [2.05, 4.69) is 20.6 Å². The predicted molar refractivity (Wildman–Crippen MR) is 101 cm³/mol. The van der Waals surface area contributed by atoms with Gasteiger partial charge in [-0.3, -0.25) is 4.79 Å². The Labute approximate surface area is 155 Å². The summed E-state index contributed by atoms with van der Waals surface area (Å²) in [5.41, 5.74) is 3.33. The Bertz CT molecular complexity index is 937. The number of hydrogen-bond acceptors (Lipinski definition) is 4. The van der Waals surface area contributed by atoms with E-state index < -0.39 is 5.91 Å². The number of anilines is 3. The number of nitrogens with one attached hydrogen (secondary N) is 2. The molecule has 0 unspecified atom stereocenters. The highest BCUT2D eigenvalue weighted by molar-refractivity contribution is 6.33. The normalized spacial score (nSPS) is 10.5. The molecular formula is C19H16ClFN4O. The van der Waals surface area contributed by atoms with Gasteiger partial charge in [0.25, 0.3) is 5.91 Å². The quantitative estimate of drug-likeness (QED) is 0.686. The fourth-order valence-corrected chi connectivity index (χ4v) is 2.83. The second-order valence-electron chi connectivity index (χ2n) is 5.79. The van der Waals surface area contributed by atoms with E-state index in [-0.39, 0.29) is 17.5 Å². The number of nitrogens with zero attached hydrogens (tertiary/aromatic N) is 2. The first-order valence-electron chi connectivity index (χ1n) is 7.86. The molecule has 2 N–H and O–H groups in total. The summed E-state index contributed by atoms with van der Waals surface area (Å²) in [5, 5.41) is 6.26. The molecule has 2 aromatic carbocycles. The molecule has 1 aromatic heterocycles. The predicted octanol–water partition coefficient (Wildman–Crippen LogP) is 4.88. The van der Waals surface area contributed by atoms with E-state index in [0.29, 0.717) is 16.4 Å². The van der Waals surface area contributed by atoms with E-state index in [1.807, 2.05) is 26.0 Å². The maximum Gasteiger partial charge on any atom is 0.274 e. The van der Waals surface area contributed by atoms with Gasteiger partial charge in [0, 0.05) is 11.9 Å². The fraction of sp³-hybridized carbons (Fsp3) is 0.105. The average Bonchev–Trinajstić information content (AvgIpc) is 2.60. The summed E-state index contributed by atoms with van der Waals surface area (Å²) in [7, 11) is 0. The number of rotatable bonds is 4. The number of carbonyl (C=O) groups is 1. The summed E-state index contributed by atoms with van der Waals surface area (Å²) in [4.78, 5) is 20.7. The summed E-state index contributed by atoms with van der Waals surface area (Å²) in [6.07, 6.45) is 1.48. The molecule has 0 saturated carbocycles. The first kappa shape index (κ1) is 17.8. The molecule has 1 heterocycles. The molecule has 26 heavy (non-hydrogen) atoms. The maximum absolute atomic E-state index is 12.9. The van der Waals surface area contributed by atoms with E-state index in [4.69, 9.17) is 11.6 Å². The van der Waals surface area contributed by atoms with Gasteiger partial charge in [-0.15, -0.1) is 0 Å². The smallest absolute Gasteiger partial charge is 0.274 e. The SMILES string of the molecule is Cc1cc(C)c(Nc2nccc(C(=O)Nc3ccc(F)cc3)n2)c(Cl)c1. The van der Waals surface area contributed by atoms with Crippen molar-refractivity contribution in [3.05, 3.63) is 76.3 Å². The summed E-state index contributed by atoms with van der Waals surface area (Å²) in [5.74, 6) is -0.540. The molecule has 3 aromatic rings. The third kappa shape index (κ3) is 4.15. The Morgan fingerprint density at radius 2 is 1.85 bits per heavy atom. The molecule has 132 valence electrons.